The minimum absolute atomic E-state index is 0.0598. The van der Waals surface area contributed by atoms with E-state index in [0.717, 1.165) is 29.1 Å². The smallest absolute Gasteiger partial charge is 0.145 e. The molecule has 2 nitrogen and oxygen atoms in total. The molecule has 0 spiro atoms. The monoisotopic (exact) mass is 257 g/mol. The van der Waals surface area contributed by atoms with Gasteiger partial charge in [0.15, 0.2) is 0 Å². The lowest BCUT2D eigenvalue weighted by molar-refractivity contribution is -0.119. The lowest BCUT2D eigenvalue weighted by Gasteiger charge is -2.25. The third kappa shape index (κ3) is 2.18. The number of fused-ring (bicyclic) bond motifs is 1. The molecule has 3 rings (SSSR count). The third-order valence-electron chi connectivity index (χ3n) is 3.40. The molecule has 1 aromatic heterocycles. The van der Waals surface area contributed by atoms with Crippen LogP contribution in [0.15, 0.2) is 41.8 Å². The second-order valence-electron chi connectivity index (χ2n) is 4.58. The van der Waals surface area contributed by atoms with Gasteiger partial charge in [0, 0.05) is 29.4 Å². The van der Waals surface area contributed by atoms with Gasteiger partial charge in [-0.15, -0.1) is 11.3 Å². The lowest BCUT2D eigenvalue weighted by atomic mass is 9.86. The van der Waals surface area contributed by atoms with Crippen LogP contribution in [0.25, 0.3) is 0 Å². The van der Waals surface area contributed by atoms with Gasteiger partial charge in [0.1, 0.15) is 5.78 Å². The van der Waals surface area contributed by atoms with Gasteiger partial charge in [-0.1, -0.05) is 24.3 Å². The highest BCUT2D eigenvalue weighted by Crippen LogP contribution is 2.32. The van der Waals surface area contributed by atoms with Gasteiger partial charge in [-0.25, -0.2) is 0 Å². The average molecular weight is 257 g/mol. The summed E-state index contributed by atoms with van der Waals surface area (Å²) in [5.41, 5.74) is 2.28. The summed E-state index contributed by atoms with van der Waals surface area (Å²) >= 11 is 1.66. The van der Waals surface area contributed by atoms with Crippen LogP contribution in [0.2, 0.25) is 0 Å². The summed E-state index contributed by atoms with van der Waals surface area (Å²) in [4.78, 5) is 13.6. The summed E-state index contributed by atoms with van der Waals surface area (Å²) < 4.78 is 0. The van der Waals surface area contributed by atoms with E-state index in [-0.39, 0.29) is 5.92 Å². The average Bonchev–Trinajstić information content (AvgIpc) is 2.91. The summed E-state index contributed by atoms with van der Waals surface area (Å²) in [6, 6.07) is 12.2. The number of carbonyl (C=O) groups is 1. The molecule has 0 fully saturated rings. The van der Waals surface area contributed by atoms with Crippen molar-refractivity contribution in [1.82, 2.24) is 0 Å². The Kier molecular flexibility index (Phi) is 3.15. The third-order valence-corrected chi connectivity index (χ3v) is 4.28. The molecule has 1 unspecified atom stereocenters. The van der Waals surface area contributed by atoms with E-state index < -0.39 is 0 Å². The van der Waals surface area contributed by atoms with E-state index in [4.69, 9.17) is 0 Å². The summed E-state index contributed by atoms with van der Waals surface area (Å²) in [6.07, 6.45) is 1.47. The molecule has 1 aliphatic rings. The van der Waals surface area contributed by atoms with Crippen molar-refractivity contribution in [3.8, 4) is 0 Å². The molecular weight excluding hydrogens is 242 g/mol. The minimum atomic E-state index is 0.0598. The van der Waals surface area contributed by atoms with E-state index >= 15 is 0 Å². The van der Waals surface area contributed by atoms with Crippen LogP contribution in [0.1, 0.15) is 22.8 Å². The highest BCUT2D eigenvalue weighted by atomic mass is 32.1. The zero-order chi connectivity index (χ0) is 12.4. The summed E-state index contributed by atoms with van der Waals surface area (Å²) in [6.45, 7) is 0.887. The van der Waals surface area contributed by atoms with E-state index in [9.17, 15) is 4.79 Å². The number of thiophene rings is 1. The zero-order valence-corrected chi connectivity index (χ0v) is 10.9. The molecule has 2 heterocycles. The van der Waals surface area contributed by atoms with Crippen molar-refractivity contribution in [3.63, 3.8) is 0 Å². The topological polar surface area (TPSA) is 29.1 Å². The number of benzene rings is 1. The van der Waals surface area contributed by atoms with Crippen LogP contribution in [-0.2, 0) is 11.2 Å². The molecule has 2 aromatic rings. The number of rotatable bonds is 3. The summed E-state index contributed by atoms with van der Waals surface area (Å²) in [5.74, 6) is 0.399. The molecule has 0 saturated carbocycles. The maximum Gasteiger partial charge on any atom is 0.145 e. The highest BCUT2D eigenvalue weighted by Gasteiger charge is 2.25. The van der Waals surface area contributed by atoms with Gasteiger partial charge >= 0.3 is 0 Å². The van der Waals surface area contributed by atoms with Gasteiger partial charge in [0.2, 0.25) is 0 Å². The van der Waals surface area contributed by atoms with Crippen molar-refractivity contribution in [2.75, 3.05) is 11.9 Å². The van der Waals surface area contributed by atoms with Crippen molar-refractivity contribution < 1.29 is 4.79 Å². The fourth-order valence-electron chi connectivity index (χ4n) is 2.51. The molecule has 92 valence electrons. The number of Topliss-reactive ketones (excluding diaryl/α,β-unsaturated/α-hetero) is 1. The van der Waals surface area contributed by atoms with Crippen LogP contribution in [-0.4, -0.2) is 12.3 Å². The van der Waals surface area contributed by atoms with Crippen molar-refractivity contribution in [1.29, 1.82) is 0 Å². The molecule has 1 aliphatic heterocycles. The highest BCUT2D eigenvalue weighted by molar-refractivity contribution is 7.10. The molecule has 1 N–H and O–H groups in total. The Bertz CT molecular complexity index is 547. The number of hydrogen-bond donors (Lipinski definition) is 1. The van der Waals surface area contributed by atoms with E-state index in [1.807, 2.05) is 29.6 Å². The molecule has 0 saturated heterocycles. The first-order chi connectivity index (χ1) is 8.84. The van der Waals surface area contributed by atoms with Crippen LogP contribution in [0, 0.1) is 0 Å². The molecule has 0 aliphatic carbocycles. The number of para-hydroxylation sites is 1. The van der Waals surface area contributed by atoms with Crippen molar-refractivity contribution in [3.05, 3.63) is 52.2 Å². The summed E-state index contributed by atoms with van der Waals surface area (Å²) in [5, 5.41) is 5.38. The normalized spacial score (nSPS) is 17.9. The molecule has 0 bridgehead atoms. The molecule has 1 atom stereocenters. The predicted molar refractivity (Wildman–Crippen MR) is 75.3 cm³/mol. The lowest BCUT2D eigenvalue weighted by Crippen LogP contribution is -2.23. The molecule has 0 radical (unpaired) electrons. The van der Waals surface area contributed by atoms with Gasteiger partial charge in [0.25, 0.3) is 0 Å². The van der Waals surface area contributed by atoms with Gasteiger partial charge in [-0.3, -0.25) is 4.79 Å². The molecule has 1 aromatic carbocycles. The van der Waals surface area contributed by atoms with E-state index in [0.29, 0.717) is 12.2 Å². The Morgan fingerprint density at radius 1 is 1.28 bits per heavy atom. The predicted octanol–water partition coefficient (Wildman–Crippen LogP) is 3.46. The second-order valence-corrected chi connectivity index (χ2v) is 5.61. The number of hydrogen-bond acceptors (Lipinski definition) is 3. The molecule has 3 heteroatoms. The quantitative estimate of drug-likeness (QED) is 0.912. The van der Waals surface area contributed by atoms with Gasteiger partial charge in [-0.2, -0.15) is 0 Å². The molecule has 0 amide bonds. The number of nitrogens with one attached hydrogen (secondary N) is 1. The van der Waals surface area contributed by atoms with E-state index in [1.165, 1.54) is 0 Å². The van der Waals surface area contributed by atoms with Crippen molar-refractivity contribution in [2.45, 2.75) is 18.8 Å². The van der Waals surface area contributed by atoms with Gasteiger partial charge in [-0.05, 0) is 29.5 Å². The Labute approximate surface area is 111 Å². The summed E-state index contributed by atoms with van der Waals surface area (Å²) in [7, 11) is 0. The minimum Gasteiger partial charge on any atom is -0.385 e. The Morgan fingerprint density at radius 3 is 3.00 bits per heavy atom. The van der Waals surface area contributed by atoms with Crippen LogP contribution in [0.3, 0.4) is 0 Å². The Hall–Kier alpha value is -1.61. The van der Waals surface area contributed by atoms with E-state index in [2.05, 4.69) is 17.4 Å². The van der Waals surface area contributed by atoms with Gasteiger partial charge < -0.3 is 5.32 Å². The second kappa shape index (κ2) is 4.94. The van der Waals surface area contributed by atoms with Crippen molar-refractivity contribution in [2.24, 2.45) is 0 Å². The van der Waals surface area contributed by atoms with Crippen LogP contribution in [0.5, 0.6) is 0 Å². The maximum absolute atomic E-state index is 12.4. The Morgan fingerprint density at radius 2 is 2.17 bits per heavy atom. The molecular formula is C15H15NOS. The fraction of sp³-hybridized carbons (Fsp3) is 0.267. The number of carbonyl (C=O) groups excluding carboxylic acids is 1. The first-order valence-corrected chi connectivity index (χ1v) is 7.10. The maximum atomic E-state index is 12.4. The van der Waals surface area contributed by atoms with Gasteiger partial charge in [0.05, 0.1) is 0 Å². The molecule has 18 heavy (non-hydrogen) atoms. The number of ketones is 1. The van der Waals surface area contributed by atoms with Crippen LogP contribution >= 0.6 is 11.3 Å². The standard InChI is InChI=1S/C15H15NOS/c17-15(10-11-4-3-9-18-11)13-7-8-16-14-6-2-1-5-12(13)14/h1-6,9,13,16H,7-8,10H2. The first kappa shape index (κ1) is 11.5. The van der Waals surface area contributed by atoms with Crippen LogP contribution in [0.4, 0.5) is 5.69 Å². The number of anilines is 1. The largest absolute Gasteiger partial charge is 0.385 e. The SMILES string of the molecule is O=C(Cc1cccs1)C1CCNc2ccccc21. The Balaban J connectivity index is 1.83. The first-order valence-electron chi connectivity index (χ1n) is 6.22. The van der Waals surface area contributed by atoms with Crippen molar-refractivity contribution >= 4 is 22.8 Å². The fourth-order valence-corrected chi connectivity index (χ4v) is 3.23. The zero-order valence-electron chi connectivity index (χ0n) is 10.1. The van der Waals surface area contributed by atoms with Crippen LogP contribution < -0.4 is 5.32 Å². The van der Waals surface area contributed by atoms with E-state index in [1.54, 1.807) is 11.3 Å².